The fraction of sp³-hybridized carbons (Fsp3) is 0.600. The first-order chi connectivity index (χ1) is 9.53. The molecule has 20 heavy (non-hydrogen) atoms. The molecule has 1 aromatic carbocycles. The van der Waals surface area contributed by atoms with E-state index in [1.54, 1.807) is 4.31 Å². The van der Waals surface area contributed by atoms with Gasteiger partial charge in [0.2, 0.25) is 0 Å². The summed E-state index contributed by atoms with van der Waals surface area (Å²) in [5, 5.41) is 0. The standard InChI is InChI=1S/C15H24N2O2S/c1-3-15(14-9-7-13(2)8-10-14)16-20(18,19)17-11-5-4-6-12-17/h7-10,15-16H,3-6,11-12H2,1-2H3. The van der Waals surface area contributed by atoms with Crippen LogP contribution in [0.1, 0.15) is 49.8 Å². The van der Waals surface area contributed by atoms with Gasteiger partial charge in [0.15, 0.2) is 0 Å². The molecule has 1 aliphatic heterocycles. The van der Waals surface area contributed by atoms with Crippen LogP contribution in [0, 0.1) is 6.92 Å². The van der Waals surface area contributed by atoms with Gasteiger partial charge in [-0.05, 0) is 31.7 Å². The van der Waals surface area contributed by atoms with Crippen molar-refractivity contribution < 1.29 is 8.42 Å². The van der Waals surface area contributed by atoms with Crippen molar-refractivity contribution in [3.63, 3.8) is 0 Å². The van der Waals surface area contributed by atoms with E-state index in [1.165, 1.54) is 5.56 Å². The van der Waals surface area contributed by atoms with Crippen molar-refractivity contribution in [2.75, 3.05) is 13.1 Å². The lowest BCUT2D eigenvalue weighted by Gasteiger charge is -2.28. The second-order valence-corrected chi connectivity index (χ2v) is 7.16. The second kappa shape index (κ2) is 6.70. The number of nitrogens with zero attached hydrogens (tertiary/aromatic N) is 1. The average Bonchev–Trinajstić information content (AvgIpc) is 2.47. The molecule has 4 nitrogen and oxygen atoms in total. The predicted molar refractivity (Wildman–Crippen MR) is 81.7 cm³/mol. The minimum Gasteiger partial charge on any atom is -0.195 e. The molecule has 1 unspecified atom stereocenters. The fourth-order valence-corrected chi connectivity index (χ4v) is 4.10. The molecule has 1 aromatic rings. The van der Waals surface area contributed by atoms with Crippen LogP contribution in [0.15, 0.2) is 24.3 Å². The van der Waals surface area contributed by atoms with Crippen molar-refractivity contribution in [1.82, 2.24) is 9.03 Å². The molecule has 1 fully saturated rings. The van der Waals surface area contributed by atoms with Gasteiger partial charge in [-0.1, -0.05) is 43.2 Å². The highest BCUT2D eigenvalue weighted by atomic mass is 32.2. The third-order valence-electron chi connectivity index (χ3n) is 3.83. The molecule has 0 bridgehead atoms. The van der Waals surface area contributed by atoms with Crippen LogP contribution in [0.2, 0.25) is 0 Å². The molecule has 0 spiro atoms. The zero-order valence-corrected chi connectivity index (χ0v) is 13.1. The summed E-state index contributed by atoms with van der Waals surface area (Å²) in [5.74, 6) is 0. The molecule has 1 aliphatic rings. The number of benzene rings is 1. The minimum atomic E-state index is -3.37. The van der Waals surface area contributed by atoms with Crippen molar-refractivity contribution in [3.8, 4) is 0 Å². The first-order valence-corrected chi connectivity index (χ1v) is 8.81. The molecular weight excluding hydrogens is 272 g/mol. The third-order valence-corrected chi connectivity index (χ3v) is 5.46. The van der Waals surface area contributed by atoms with E-state index in [1.807, 2.05) is 38.1 Å². The largest absolute Gasteiger partial charge is 0.280 e. The van der Waals surface area contributed by atoms with E-state index in [0.717, 1.165) is 31.2 Å². The molecule has 0 radical (unpaired) electrons. The van der Waals surface area contributed by atoms with Gasteiger partial charge in [0.25, 0.3) is 10.2 Å². The maximum Gasteiger partial charge on any atom is 0.280 e. The van der Waals surface area contributed by atoms with Crippen LogP contribution in [0.3, 0.4) is 0 Å². The summed E-state index contributed by atoms with van der Waals surface area (Å²) >= 11 is 0. The summed E-state index contributed by atoms with van der Waals surface area (Å²) in [6.45, 7) is 5.31. The van der Waals surface area contributed by atoms with Crippen LogP contribution in [-0.2, 0) is 10.2 Å². The van der Waals surface area contributed by atoms with E-state index in [2.05, 4.69) is 4.72 Å². The number of nitrogens with one attached hydrogen (secondary N) is 1. The summed E-state index contributed by atoms with van der Waals surface area (Å²) in [6, 6.07) is 7.90. The Kier molecular flexibility index (Phi) is 5.18. The lowest BCUT2D eigenvalue weighted by molar-refractivity contribution is 0.338. The molecule has 2 rings (SSSR count). The van der Waals surface area contributed by atoms with Crippen molar-refractivity contribution in [1.29, 1.82) is 0 Å². The Morgan fingerprint density at radius 3 is 2.30 bits per heavy atom. The molecule has 1 N–H and O–H groups in total. The Bertz CT molecular complexity index is 519. The summed E-state index contributed by atoms with van der Waals surface area (Å²) < 4.78 is 29.2. The van der Waals surface area contributed by atoms with Crippen molar-refractivity contribution >= 4 is 10.2 Å². The Hall–Kier alpha value is -0.910. The predicted octanol–water partition coefficient (Wildman–Crippen LogP) is 2.77. The summed E-state index contributed by atoms with van der Waals surface area (Å²) in [7, 11) is -3.37. The van der Waals surface area contributed by atoms with E-state index in [9.17, 15) is 8.42 Å². The first kappa shape index (κ1) is 15.5. The Morgan fingerprint density at radius 1 is 1.15 bits per heavy atom. The quantitative estimate of drug-likeness (QED) is 0.908. The highest BCUT2D eigenvalue weighted by molar-refractivity contribution is 7.87. The number of rotatable bonds is 5. The van der Waals surface area contributed by atoms with Gasteiger partial charge in [0.1, 0.15) is 0 Å². The van der Waals surface area contributed by atoms with Gasteiger partial charge < -0.3 is 0 Å². The summed E-state index contributed by atoms with van der Waals surface area (Å²) in [5.41, 5.74) is 2.21. The van der Waals surface area contributed by atoms with E-state index < -0.39 is 10.2 Å². The maximum absolute atomic E-state index is 12.4. The van der Waals surface area contributed by atoms with Crippen LogP contribution in [0.4, 0.5) is 0 Å². The van der Waals surface area contributed by atoms with Gasteiger partial charge in [0, 0.05) is 19.1 Å². The smallest absolute Gasteiger partial charge is 0.195 e. The molecule has 1 heterocycles. The zero-order chi connectivity index (χ0) is 14.6. The van der Waals surface area contributed by atoms with Crippen LogP contribution in [0.25, 0.3) is 0 Å². The molecule has 1 atom stereocenters. The molecule has 5 heteroatoms. The van der Waals surface area contributed by atoms with Crippen molar-refractivity contribution in [2.45, 2.75) is 45.6 Å². The molecule has 1 saturated heterocycles. The number of piperidine rings is 1. The van der Waals surface area contributed by atoms with Gasteiger partial charge in [-0.15, -0.1) is 0 Å². The number of hydrogen-bond donors (Lipinski definition) is 1. The monoisotopic (exact) mass is 296 g/mol. The van der Waals surface area contributed by atoms with Gasteiger partial charge in [-0.3, -0.25) is 0 Å². The highest BCUT2D eigenvalue weighted by Gasteiger charge is 2.26. The normalized spacial score (nSPS) is 18.9. The molecule has 0 aromatic heterocycles. The highest BCUT2D eigenvalue weighted by Crippen LogP contribution is 2.20. The van der Waals surface area contributed by atoms with Crippen LogP contribution < -0.4 is 4.72 Å². The van der Waals surface area contributed by atoms with E-state index in [0.29, 0.717) is 13.1 Å². The van der Waals surface area contributed by atoms with E-state index in [4.69, 9.17) is 0 Å². The van der Waals surface area contributed by atoms with Crippen LogP contribution in [-0.4, -0.2) is 25.8 Å². The molecule has 112 valence electrons. The zero-order valence-electron chi connectivity index (χ0n) is 12.3. The molecule has 0 amide bonds. The average molecular weight is 296 g/mol. The van der Waals surface area contributed by atoms with Gasteiger partial charge >= 0.3 is 0 Å². The SMILES string of the molecule is CCC(NS(=O)(=O)N1CCCCC1)c1ccc(C)cc1. The van der Waals surface area contributed by atoms with E-state index >= 15 is 0 Å². The van der Waals surface area contributed by atoms with Crippen molar-refractivity contribution in [3.05, 3.63) is 35.4 Å². The Morgan fingerprint density at radius 2 is 1.75 bits per heavy atom. The Labute approximate surface area is 122 Å². The molecular formula is C15H24N2O2S. The van der Waals surface area contributed by atoms with Crippen LogP contribution >= 0.6 is 0 Å². The van der Waals surface area contributed by atoms with Gasteiger partial charge in [-0.2, -0.15) is 17.4 Å². The fourth-order valence-electron chi connectivity index (χ4n) is 2.55. The first-order valence-electron chi connectivity index (χ1n) is 7.37. The minimum absolute atomic E-state index is 0.150. The lowest BCUT2D eigenvalue weighted by atomic mass is 10.0. The topological polar surface area (TPSA) is 49.4 Å². The lowest BCUT2D eigenvalue weighted by Crippen LogP contribution is -2.44. The number of aryl methyl sites for hydroxylation is 1. The molecule has 0 aliphatic carbocycles. The Balaban J connectivity index is 2.10. The van der Waals surface area contributed by atoms with E-state index in [-0.39, 0.29) is 6.04 Å². The van der Waals surface area contributed by atoms with Crippen LogP contribution in [0.5, 0.6) is 0 Å². The third kappa shape index (κ3) is 3.81. The van der Waals surface area contributed by atoms with Gasteiger partial charge in [0.05, 0.1) is 0 Å². The number of hydrogen-bond acceptors (Lipinski definition) is 2. The molecule has 0 saturated carbocycles. The van der Waals surface area contributed by atoms with Gasteiger partial charge in [-0.25, -0.2) is 0 Å². The second-order valence-electron chi connectivity index (χ2n) is 5.45. The summed E-state index contributed by atoms with van der Waals surface area (Å²) in [4.78, 5) is 0. The van der Waals surface area contributed by atoms with Crippen molar-refractivity contribution in [2.24, 2.45) is 0 Å². The maximum atomic E-state index is 12.4. The summed E-state index contributed by atoms with van der Waals surface area (Å²) in [6.07, 6.45) is 3.79.